The molecule has 3 aromatic rings. The van der Waals surface area contributed by atoms with Crippen LogP contribution in [0.2, 0.25) is 0 Å². The lowest BCUT2D eigenvalue weighted by molar-refractivity contribution is -0.118. The zero-order valence-electron chi connectivity index (χ0n) is 17.5. The first kappa shape index (κ1) is 19.2. The number of H-pyrrole nitrogens is 1. The van der Waals surface area contributed by atoms with Crippen molar-refractivity contribution >= 4 is 22.4 Å². The Morgan fingerprint density at radius 1 is 1.03 bits per heavy atom. The van der Waals surface area contributed by atoms with Crippen LogP contribution in [0.3, 0.4) is 0 Å². The van der Waals surface area contributed by atoms with Crippen molar-refractivity contribution in [2.45, 2.75) is 25.8 Å². The second-order valence-electron chi connectivity index (χ2n) is 8.57. The molecule has 30 heavy (non-hydrogen) atoms. The summed E-state index contributed by atoms with van der Waals surface area (Å²) in [5.41, 5.74) is 7.00. The average Bonchev–Trinajstić information content (AvgIpc) is 3.20. The van der Waals surface area contributed by atoms with Gasteiger partial charge in [0.15, 0.2) is 0 Å². The van der Waals surface area contributed by atoms with Gasteiger partial charge in [-0.05, 0) is 36.2 Å². The van der Waals surface area contributed by atoms with Crippen LogP contribution in [0.15, 0.2) is 48.8 Å². The third-order valence-electron chi connectivity index (χ3n) is 6.42. The van der Waals surface area contributed by atoms with E-state index in [-0.39, 0.29) is 0 Å². The molecule has 5 rings (SSSR count). The highest BCUT2D eigenvalue weighted by Gasteiger charge is 2.16. The van der Waals surface area contributed by atoms with Crippen LogP contribution < -0.4 is 0 Å². The highest BCUT2D eigenvalue weighted by atomic mass is 16.1. The molecule has 2 aromatic heterocycles. The molecule has 0 saturated carbocycles. The van der Waals surface area contributed by atoms with Gasteiger partial charge < -0.3 is 9.88 Å². The van der Waals surface area contributed by atoms with Crippen molar-refractivity contribution in [3.8, 4) is 11.1 Å². The van der Waals surface area contributed by atoms with Gasteiger partial charge in [0.05, 0.1) is 0 Å². The third kappa shape index (κ3) is 3.95. The molecule has 1 aliphatic heterocycles. The Hall–Kier alpha value is -2.76. The van der Waals surface area contributed by atoms with E-state index >= 15 is 0 Å². The second kappa shape index (κ2) is 8.17. The molecule has 2 aliphatic rings. The maximum Gasteiger partial charge on any atom is 0.137 e. The zero-order chi connectivity index (χ0) is 20.5. The summed E-state index contributed by atoms with van der Waals surface area (Å²) in [5.74, 6) is 0.328. The summed E-state index contributed by atoms with van der Waals surface area (Å²) in [6.07, 6.45) is 8.05. The number of likely N-dealkylation sites (N-methyl/N-ethyl adjacent to an activating group) is 1. The van der Waals surface area contributed by atoms with E-state index < -0.39 is 0 Å². The molecule has 5 heteroatoms. The van der Waals surface area contributed by atoms with Gasteiger partial charge in [0.25, 0.3) is 0 Å². The lowest BCUT2D eigenvalue weighted by atomic mass is 9.92. The number of nitrogens with one attached hydrogen (secondary N) is 1. The number of fused-ring (bicyclic) bond motifs is 1. The van der Waals surface area contributed by atoms with E-state index in [1.165, 1.54) is 22.3 Å². The molecule has 1 aliphatic carbocycles. The number of hydrogen-bond donors (Lipinski definition) is 1. The molecule has 154 valence electrons. The number of allylic oxidation sites excluding steroid dienone is 2. The largest absolute Gasteiger partial charge is 0.346 e. The Morgan fingerprint density at radius 3 is 2.57 bits per heavy atom. The Balaban J connectivity index is 1.37. The van der Waals surface area contributed by atoms with Gasteiger partial charge in [0.1, 0.15) is 11.4 Å². The maximum atomic E-state index is 11.6. The molecule has 1 fully saturated rings. The van der Waals surface area contributed by atoms with Gasteiger partial charge in [-0.3, -0.25) is 9.69 Å². The number of pyridine rings is 1. The monoisotopic (exact) mass is 400 g/mol. The van der Waals surface area contributed by atoms with Crippen molar-refractivity contribution < 1.29 is 4.79 Å². The number of carbonyl (C=O) groups is 1. The van der Waals surface area contributed by atoms with Crippen molar-refractivity contribution in [3.05, 3.63) is 59.9 Å². The molecular formula is C25H28N4O. The SMILES string of the molecule is CN1CCN(Cc2ccc(-c3cnc4[nH]cc(C5=CCC(=O)CC5)c4c3)cc2)CC1. The molecule has 0 amide bonds. The van der Waals surface area contributed by atoms with Crippen molar-refractivity contribution in [2.75, 3.05) is 33.2 Å². The summed E-state index contributed by atoms with van der Waals surface area (Å²) < 4.78 is 0. The number of carbonyl (C=O) groups excluding carboxylic acids is 1. The number of ketones is 1. The number of nitrogens with zero attached hydrogens (tertiary/aromatic N) is 3. The summed E-state index contributed by atoms with van der Waals surface area (Å²) in [6.45, 7) is 5.58. The smallest absolute Gasteiger partial charge is 0.137 e. The van der Waals surface area contributed by atoms with Gasteiger partial charge in [-0.2, -0.15) is 0 Å². The minimum Gasteiger partial charge on any atom is -0.346 e. The number of hydrogen-bond acceptors (Lipinski definition) is 4. The van der Waals surface area contributed by atoms with Gasteiger partial charge >= 0.3 is 0 Å². The zero-order valence-corrected chi connectivity index (χ0v) is 17.5. The van der Waals surface area contributed by atoms with E-state index in [2.05, 4.69) is 63.2 Å². The highest BCUT2D eigenvalue weighted by Crippen LogP contribution is 2.32. The summed E-state index contributed by atoms with van der Waals surface area (Å²) in [5, 5.41) is 1.13. The van der Waals surface area contributed by atoms with Crippen LogP contribution in [0.4, 0.5) is 0 Å². The second-order valence-corrected chi connectivity index (χ2v) is 8.57. The molecule has 1 N–H and O–H groups in total. The van der Waals surface area contributed by atoms with E-state index in [4.69, 9.17) is 0 Å². The number of Topliss-reactive ketones (excluding diaryl/α,β-unsaturated/α-hetero) is 1. The average molecular weight is 401 g/mol. The minimum atomic E-state index is 0.328. The first-order valence-electron chi connectivity index (χ1n) is 10.8. The topological polar surface area (TPSA) is 52.2 Å². The molecule has 0 bridgehead atoms. The van der Waals surface area contributed by atoms with Gasteiger partial charge in [-0.25, -0.2) is 4.98 Å². The molecule has 1 aromatic carbocycles. The number of aromatic nitrogens is 2. The van der Waals surface area contributed by atoms with Crippen molar-refractivity contribution in [1.82, 2.24) is 19.8 Å². The molecule has 0 spiro atoms. The van der Waals surface area contributed by atoms with Crippen LogP contribution in [0.5, 0.6) is 0 Å². The predicted molar refractivity (Wildman–Crippen MR) is 121 cm³/mol. The third-order valence-corrected chi connectivity index (χ3v) is 6.42. The Bertz CT molecular complexity index is 1090. The van der Waals surface area contributed by atoms with Crippen molar-refractivity contribution in [1.29, 1.82) is 0 Å². The Morgan fingerprint density at radius 2 is 1.83 bits per heavy atom. The van der Waals surface area contributed by atoms with E-state index in [9.17, 15) is 4.79 Å². The fourth-order valence-corrected chi connectivity index (χ4v) is 4.45. The van der Waals surface area contributed by atoms with E-state index in [1.54, 1.807) is 0 Å². The lowest BCUT2D eigenvalue weighted by Gasteiger charge is -2.32. The van der Waals surface area contributed by atoms with Crippen molar-refractivity contribution in [2.24, 2.45) is 0 Å². The van der Waals surface area contributed by atoms with Crippen LogP contribution in [0.25, 0.3) is 27.7 Å². The van der Waals surface area contributed by atoms with Gasteiger partial charge in [-0.1, -0.05) is 30.3 Å². The van der Waals surface area contributed by atoms with E-state index in [0.717, 1.165) is 55.7 Å². The summed E-state index contributed by atoms with van der Waals surface area (Å²) in [7, 11) is 2.19. The molecular weight excluding hydrogens is 372 g/mol. The van der Waals surface area contributed by atoms with Crippen LogP contribution >= 0.6 is 0 Å². The van der Waals surface area contributed by atoms with Crippen LogP contribution in [-0.4, -0.2) is 58.8 Å². The summed E-state index contributed by atoms with van der Waals surface area (Å²) in [4.78, 5) is 24.4. The molecule has 5 nitrogen and oxygen atoms in total. The normalized spacial score (nSPS) is 18.7. The van der Waals surface area contributed by atoms with E-state index in [1.807, 2.05) is 12.4 Å². The summed E-state index contributed by atoms with van der Waals surface area (Å²) in [6, 6.07) is 11.1. The standard InChI is InChI=1S/C25H28N4O/c1-28-10-12-29(13-11-28)17-18-2-4-19(5-3-18)21-14-23-24(16-27-25(23)26-15-21)20-6-8-22(30)9-7-20/h2-6,14-16H,7-13,17H2,1H3,(H,26,27). The fraction of sp³-hybridized carbons (Fsp3) is 0.360. The van der Waals surface area contributed by atoms with Crippen LogP contribution in [0.1, 0.15) is 30.4 Å². The van der Waals surface area contributed by atoms with Crippen molar-refractivity contribution in [3.63, 3.8) is 0 Å². The van der Waals surface area contributed by atoms with Crippen LogP contribution in [-0.2, 0) is 11.3 Å². The first-order chi connectivity index (χ1) is 14.7. The van der Waals surface area contributed by atoms with E-state index in [0.29, 0.717) is 18.6 Å². The molecule has 1 saturated heterocycles. The predicted octanol–water partition coefficient (Wildman–Crippen LogP) is 4.11. The molecule has 3 heterocycles. The molecule has 0 unspecified atom stereocenters. The number of piperazine rings is 1. The maximum absolute atomic E-state index is 11.6. The first-order valence-corrected chi connectivity index (χ1v) is 10.8. The van der Waals surface area contributed by atoms with Gasteiger partial charge in [0, 0.05) is 74.5 Å². The quantitative estimate of drug-likeness (QED) is 0.716. The van der Waals surface area contributed by atoms with Crippen LogP contribution in [0, 0.1) is 0 Å². The van der Waals surface area contributed by atoms with Gasteiger partial charge in [-0.15, -0.1) is 0 Å². The number of benzene rings is 1. The Kier molecular flexibility index (Phi) is 5.23. The lowest BCUT2D eigenvalue weighted by Crippen LogP contribution is -2.43. The fourth-order valence-electron chi connectivity index (χ4n) is 4.45. The highest BCUT2D eigenvalue weighted by molar-refractivity contribution is 5.96. The molecule has 0 radical (unpaired) electrons. The summed E-state index contributed by atoms with van der Waals surface area (Å²) >= 11 is 0. The minimum absolute atomic E-state index is 0.328. The molecule has 0 atom stereocenters. The Labute approximate surface area is 177 Å². The number of aromatic amines is 1. The number of rotatable bonds is 4. The van der Waals surface area contributed by atoms with Gasteiger partial charge in [0.2, 0.25) is 0 Å².